The SMILES string of the molecule is O=C(CCc1ccccc1)C1=C(O)C(=O)N(C2CCCCC2)C1c1ccncc1. The number of carbonyl (C=O) groups is 2. The van der Waals surface area contributed by atoms with Crippen LogP contribution in [0.1, 0.15) is 55.7 Å². The molecule has 1 fully saturated rings. The molecule has 1 amide bonds. The molecule has 29 heavy (non-hydrogen) atoms. The summed E-state index contributed by atoms with van der Waals surface area (Å²) >= 11 is 0. The largest absolute Gasteiger partial charge is 0.503 e. The summed E-state index contributed by atoms with van der Waals surface area (Å²) in [6, 6.07) is 13.0. The number of hydrogen-bond acceptors (Lipinski definition) is 4. The molecule has 4 rings (SSSR count). The predicted molar refractivity (Wildman–Crippen MR) is 110 cm³/mol. The van der Waals surface area contributed by atoms with Crippen LogP contribution in [0.25, 0.3) is 0 Å². The Morgan fingerprint density at radius 1 is 1.03 bits per heavy atom. The fourth-order valence-electron chi connectivity index (χ4n) is 4.55. The molecule has 0 spiro atoms. The first-order chi connectivity index (χ1) is 14.2. The zero-order valence-corrected chi connectivity index (χ0v) is 16.5. The lowest BCUT2D eigenvalue weighted by molar-refractivity contribution is -0.132. The van der Waals surface area contributed by atoms with Crippen LogP contribution in [0.5, 0.6) is 0 Å². The Bertz CT molecular complexity index is 902. The van der Waals surface area contributed by atoms with Gasteiger partial charge in [0.05, 0.1) is 11.6 Å². The number of carbonyl (C=O) groups excluding carboxylic acids is 2. The summed E-state index contributed by atoms with van der Waals surface area (Å²) in [5.41, 5.74) is 2.13. The Morgan fingerprint density at radius 2 is 1.72 bits per heavy atom. The van der Waals surface area contributed by atoms with Crippen molar-refractivity contribution in [1.29, 1.82) is 0 Å². The molecule has 5 nitrogen and oxygen atoms in total. The molecule has 0 saturated heterocycles. The zero-order valence-electron chi connectivity index (χ0n) is 16.5. The van der Waals surface area contributed by atoms with Crippen molar-refractivity contribution in [3.8, 4) is 0 Å². The maximum Gasteiger partial charge on any atom is 0.290 e. The van der Waals surface area contributed by atoms with E-state index in [1.807, 2.05) is 42.5 Å². The Balaban J connectivity index is 1.64. The smallest absolute Gasteiger partial charge is 0.290 e. The lowest BCUT2D eigenvalue weighted by Crippen LogP contribution is -2.41. The number of amides is 1. The fraction of sp³-hybridized carbons (Fsp3) is 0.375. The van der Waals surface area contributed by atoms with Crippen LogP contribution in [-0.2, 0) is 16.0 Å². The van der Waals surface area contributed by atoms with E-state index in [0.29, 0.717) is 6.42 Å². The molecule has 0 radical (unpaired) electrons. The first-order valence-electron chi connectivity index (χ1n) is 10.4. The first-order valence-corrected chi connectivity index (χ1v) is 10.4. The van der Waals surface area contributed by atoms with Crippen LogP contribution in [0.3, 0.4) is 0 Å². The van der Waals surface area contributed by atoms with Gasteiger partial charge in [-0.2, -0.15) is 0 Å². The number of pyridine rings is 1. The minimum Gasteiger partial charge on any atom is -0.503 e. The van der Waals surface area contributed by atoms with Crippen LogP contribution in [0.4, 0.5) is 0 Å². The number of benzene rings is 1. The summed E-state index contributed by atoms with van der Waals surface area (Å²) in [5.74, 6) is -0.961. The number of hydrogen-bond donors (Lipinski definition) is 1. The summed E-state index contributed by atoms with van der Waals surface area (Å²) in [6.07, 6.45) is 9.29. The lowest BCUT2D eigenvalue weighted by Gasteiger charge is -2.36. The van der Waals surface area contributed by atoms with Gasteiger partial charge in [0.2, 0.25) is 0 Å². The van der Waals surface area contributed by atoms with Gasteiger partial charge in [-0.25, -0.2) is 0 Å². The summed E-state index contributed by atoms with van der Waals surface area (Å²) in [6.45, 7) is 0. The lowest BCUT2D eigenvalue weighted by atomic mass is 9.90. The zero-order chi connectivity index (χ0) is 20.2. The standard InChI is InChI=1S/C24H26N2O3/c27-20(12-11-17-7-3-1-4-8-17)21-22(18-13-15-25-16-14-18)26(24(29)23(21)28)19-9-5-2-6-10-19/h1,3-4,7-8,13-16,19,22,28H,2,5-6,9-12H2. The molecule has 1 unspecified atom stereocenters. The second-order valence-electron chi connectivity index (χ2n) is 7.86. The quantitative estimate of drug-likeness (QED) is 0.798. The number of ketones is 1. The molecule has 1 saturated carbocycles. The van der Waals surface area contributed by atoms with Crippen molar-refractivity contribution in [1.82, 2.24) is 9.88 Å². The Labute approximate surface area is 171 Å². The highest BCUT2D eigenvalue weighted by Crippen LogP contribution is 2.42. The Hall–Kier alpha value is -2.95. The average molecular weight is 390 g/mol. The second kappa shape index (κ2) is 8.60. The number of aromatic nitrogens is 1. The number of aliphatic hydroxyl groups excluding tert-OH is 1. The van der Waals surface area contributed by atoms with Crippen LogP contribution in [-0.4, -0.2) is 32.7 Å². The van der Waals surface area contributed by atoms with Gasteiger partial charge >= 0.3 is 0 Å². The minimum absolute atomic E-state index is 0.0518. The van der Waals surface area contributed by atoms with Gasteiger partial charge < -0.3 is 10.0 Å². The molecule has 2 aromatic rings. The van der Waals surface area contributed by atoms with Crippen molar-refractivity contribution in [3.05, 3.63) is 77.3 Å². The molecule has 150 valence electrons. The van der Waals surface area contributed by atoms with E-state index in [1.165, 1.54) is 6.42 Å². The maximum absolute atomic E-state index is 13.2. The summed E-state index contributed by atoms with van der Waals surface area (Å²) in [7, 11) is 0. The molecular weight excluding hydrogens is 364 g/mol. The van der Waals surface area contributed by atoms with Gasteiger partial charge in [-0.1, -0.05) is 49.6 Å². The average Bonchev–Trinajstić information content (AvgIpc) is 3.05. The van der Waals surface area contributed by atoms with Gasteiger partial charge in [0, 0.05) is 24.9 Å². The van der Waals surface area contributed by atoms with Crippen molar-refractivity contribution >= 4 is 11.7 Å². The van der Waals surface area contributed by atoms with Crippen molar-refractivity contribution in [3.63, 3.8) is 0 Å². The number of rotatable bonds is 6. The maximum atomic E-state index is 13.2. The van der Waals surface area contributed by atoms with Crippen LogP contribution in [0.2, 0.25) is 0 Å². The molecular formula is C24H26N2O3. The molecule has 1 N–H and O–H groups in total. The molecule has 2 heterocycles. The number of nitrogens with zero attached hydrogens (tertiary/aromatic N) is 2. The van der Waals surface area contributed by atoms with E-state index in [9.17, 15) is 14.7 Å². The number of aryl methyl sites for hydroxylation is 1. The predicted octanol–water partition coefficient (Wildman–Crippen LogP) is 4.31. The number of aliphatic hydroxyl groups is 1. The van der Waals surface area contributed by atoms with E-state index in [4.69, 9.17) is 0 Å². The van der Waals surface area contributed by atoms with Crippen molar-refractivity contribution in [2.24, 2.45) is 0 Å². The fourth-order valence-corrected chi connectivity index (χ4v) is 4.55. The van der Waals surface area contributed by atoms with E-state index in [2.05, 4.69) is 4.98 Å². The van der Waals surface area contributed by atoms with Crippen LogP contribution in [0, 0.1) is 0 Å². The van der Waals surface area contributed by atoms with Crippen molar-refractivity contribution in [2.75, 3.05) is 0 Å². The van der Waals surface area contributed by atoms with E-state index >= 15 is 0 Å². The third-order valence-corrected chi connectivity index (χ3v) is 6.02. The van der Waals surface area contributed by atoms with Crippen LogP contribution < -0.4 is 0 Å². The van der Waals surface area contributed by atoms with E-state index in [1.54, 1.807) is 17.3 Å². The normalized spacial score (nSPS) is 20.3. The highest BCUT2D eigenvalue weighted by Gasteiger charge is 2.46. The molecule has 2 aliphatic rings. The van der Waals surface area contributed by atoms with Crippen LogP contribution in [0.15, 0.2) is 66.2 Å². The minimum atomic E-state index is -0.531. The Morgan fingerprint density at radius 3 is 2.41 bits per heavy atom. The molecule has 1 aliphatic heterocycles. The molecule has 1 aromatic heterocycles. The third kappa shape index (κ3) is 3.95. The molecule has 1 atom stereocenters. The van der Waals surface area contributed by atoms with E-state index < -0.39 is 11.9 Å². The molecule has 1 aromatic carbocycles. The van der Waals surface area contributed by atoms with E-state index in [-0.39, 0.29) is 29.6 Å². The van der Waals surface area contributed by atoms with Crippen molar-refractivity contribution in [2.45, 2.75) is 57.0 Å². The molecule has 0 bridgehead atoms. The number of Topliss-reactive ketones (excluding diaryl/α,β-unsaturated/α-hetero) is 1. The molecule has 1 aliphatic carbocycles. The topological polar surface area (TPSA) is 70.5 Å². The summed E-state index contributed by atoms with van der Waals surface area (Å²) in [5, 5.41) is 10.7. The third-order valence-electron chi connectivity index (χ3n) is 6.02. The van der Waals surface area contributed by atoms with Crippen molar-refractivity contribution < 1.29 is 14.7 Å². The van der Waals surface area contributed by atoms with Gasteiger partial charge in [0.15, 0.2) is 11.5 Å². The highest BCUT2D eigenvalue weighted by molar-refractivity contribution is 6.09. The first kappa shape index (κ1) is 19.4. The summed E-state index contributed by atoms with van der Waals surface area (Å²) in [4.78, 5) is 32.0. The summed E-state index contributed by atoms with van der Waals surface area (Å²) < 4.78 is 0. The van der Waals surface area contributed by atoms with Gasteiger partial charge in [0.1, 0.15) is 0 Å². The van der Waals surface area contributed by atoms with E-state index in [0.717, 1.165) is 36.8 Å². The van der Waals surface area contributed by atoms with Crippen LogP contribution >= 0.6 is 0 Å². The second-order valence-corrected chi connectivity index (χ2v) is 7.86. The van der Waals surface area contributed by atoms with Gasteiger partial charge in [-0.3, -0.25) is 14.6 Å². The highest BCUT2D eigenvalue weighted by atomic mass is 16.3. The Kier molecular flexibility index (Phi) is 5.74. The van der Waals surface area contributed by atoms with Gasteiger partial charge in [-0.15, -0.1) is 0 Å². The monoisotopic (exact) mass is 390 g/mol. The van der Waals surface area contributed by atoms with Gasteiger partial charge in [0.25, 0.3) is 5.91 Å². The molecule has 5 heteroatoms. The van der Waals surface area contributed by atoms with Gasteiger partial charge in [-0.05, 0) is 42.5 Å².